The Morgan fingerprint density at radius 1 is 0.750 bits per heavy atom. The van der Waals surface area contributed by atoms with Gasteiger partial charge in [-0.2, -0.15) is 0 Å². The van der Waals surface area contributed by atoms with Crippen LogP contribution in [0, 0.1) is 0 Å². The lowest BCUT2D eigenvalue weighted by Crippen LogP contribution is -2.10. The van der Waals surface area contributed by atoms with Crippen molar-refractivity contribution in [2.75, 3.05) is 0 Å². The van der Waals surface area contributed by atoms with Crippen LogP contribution in [0.15, 0.2) is 48.5 Å². The van der Waals surface area contributed by atoms with E-state index in [-0.39, 0.29) is 11.5 Å². The first-order valence-corrected chi connectivity index (χ1v) is 7.24. The lowest BCUT2D eigenvalue weighted by atomic mass is 9.78. The number of rotatable bonds is 5. The minimum absolute atomic E-state index is 0.0381. The molecular formula is C18H22O2. The third-order valence-electron chi connectivity index (χ3n) is 4.02. The Bertz CT molecular complexity index is 549. The molecule has 2 N–H and O–H groups in total. The van der Waals surface area contributed by atoms with E-state index in [1.807, 2.05) is 12.1 Å². The van der Waals surface area contributed by atoms with Crippen LogP contribution in [0.4, 0.5) is 0 Å². The summed E-state index contributed by atoms with van der Waals surface area (Å²) >= 11 is 0. The Kier molecular flexibility index (Phi) is 4.67. The van der Waals surface area contributed by atoms with Crippen molar-refractivity contribution in [3.63, 3.8) is 0 Å². The number of benzene rings is 2. The van der Waals surface area contributed by atoms with E-state index in [1.54, 1.807) is 12.1 Å². The lowest BCUT2D eigenvalue weighted by molar-refractivity contribution is 0.401. The number of aromatic hydroxyl groups is 2. The van der Waals surface area contributed by atoms with Gasteiger partial charge in [-0.25, -0.2) is 0 Å². The standard InChI is InChI=1S/C18H22O2/c1-3-15(13-8-6-5-7-9-13)16(4-2)14-10-11-17(19)18(20)12-14/h5-12,15-16,19-20H,3-4H2,1-2H3/t15-,16-/m0/s1. The topological polar surface area (TPSA) is 40.5 Å². The van der Waals surface area contributed by atoms with Gasteiger partial charge >= 0.3 is 0 Å². The van der Waals surface area contributed by atoms with E-state index in [9.17, 15) is 10.2 Å². The molecule has 0 bridgehead atoms. The maximum Gasteiger partial charge on any atom is 0.157 e. The molecule has 0 aliphatic rings. The summed E-state index contributed by atoms with van der Waals surface area (Å²) in [5, 5.41) is 19.2. The van der Waals surface area contributed by atoms with Gasteiger partial charge in [-0.05, 0) is 47.9 Å². The first-order chi connectivity index (χ1) is 9.67. The van der Waals surface area contributed by atoms with Gasteiger partial charge in [-0.1, -0.05) is 50.2 Å². The van der Waals surface area contributed by atoms with Gasteiger partial charge in [0.2, 0.25) is 0 Å². The van der Waals surface area contributed by atoms with Crippen molar-refractivity contribution in [3.05, 3.63) is 59.7 Å². The van der Waals surface area contributed by atoms with Crippen molar-refractivity contribution in [1.82, 2.24) is 0 Å². The van der Waals surface area contributed by atoms with Crippen LogP contribution in [-0.2, 0) is 0 Å². The van der Waals surface area contributed by atoms with Crippen LogP contribution in [-0.4, -0.2) is 10.2 Å². The van der Waals surface area contributed by atoms with Crippen LogP contribution in [0.25, 0.3) is 0 Å². The quantitative estimate of drug-likeness (QED) is 0.767. The second-order valence-electron chi connectivity index (χ2n) is 5.19. The second-order valence-corrected chi connectivity index (χ2v) is 5.19. The third kappa shape index (κ3) is 2.96. The van der Waals surface area contributed by atoms with Crippen molar-refractivity contribution < 1.29 is 10.2 Å². The van der Waals surface area contributed by atoms with Gasteiger partial charge < -0.3 is 10.2 Å². The average Bonchev–Trinajstić information content (AvgIpc) is 2.48. The fourth-order valence-electron chi connectivity index (χ4n) is 2.98. The molecule has 0 amide bonds. The smallest absolute Gasteiger partial charge is 0.157 e. The normalized spacial score (nSPS) is 13.9. The zero-order valence-corrected chi connectivity index (χ0v) is 12.1. The molecule has 2 nitrogen and oxygen atoms in total. The average molecular weight is 270 g/mol. The highest BCUT2D eigenvalue weighted by Crippen LogP contribution is 2.40. The molecule has 2 atom stereocenters. The van der Waals surface area contributed by atoms with Crippen LogP contribution in [0.1, 0.15) is 49.7 Å². The Balaban J connectivity index is 2.36. The molecule has 0 heterocycles. The molecule has 2 rings (SSSR count). The molecular weight excluding hydrogens is 248 g/mol. The van der Waals surface area contributed by atoms with Gasteiger partial charge in [0.1, 0.15) is 0 Å². The molecule has 0 fully saturated rings. The Morgan fingerprint density at radius 3 is 1.90 bits per heavy atom. The summed E-state index contributed by atoms with van der Waals surface area (Å²) in [6.07, 6.45) is 2.04. The molecule has 0 aliphatic heterocycles. The zero-order chi connectivity index (χ0) is 14.5. The maximum atomic E-state index is 9.72. The Morgan fingerprint density at radius 2 is 1.35 bits per heavy atom. The fourth-order valence-corrected chi connectivity index (χ4v) is 2.98. The predicted molar refractivity (Wildman–Crippen MR) is 82.3 cm³/mol. The van der Waals surface area contributed by atoms with Gasteiger partial charge in [-0.3, -0.25) is 0 Å². The van der Waals surface area contributed by atoms with Crippen LogP contribution < -0.4 is 0 Å². The first kappa shape index (κ1) is 14.4. The summed E-state index contributed by atoms with van der Waals surface area (Å²) in [4.78, 5) is 0. The Hall–Kier alpha value is -1.96. The van der Waals surface area contributed by atoms with Gasteiger partial charge in [0, 0.05) is 0 Å². The summed E-state index contributed by atoms with van der Waals surface area (Å²) in [6, 6.07) is 15.7. The van der Waals surface area contributed by atoms with Crippen molar-refractivity contribution in [3.8, 4) is 11.5 Å². The van der Waals surface area contributed by atoms with Crippen molar-refractivity contribution >= 4 is 0 Å². The van der Waals surface area contributed by atoms with Crippen LogP contribution in [0.5, 0.6) is 11.5 Å². The molecule has 0 radical (unpaired) electrons. The van der Waals surface area contributed by atoms with Crippen molar-refractivity contribution in [2.45, 2.75) is 38.5 Å². The van der Waals surface area contributed by atoms with E-state index in [2.05, 4.69) is 38.1 Å². The molecule has 0 aromatic heterocycles. The van der Waals surface area contributed by atoms with Gasteiger partial charge in [-0.15, -0.1) is 0 Å². The van der Waals surface area contributed by atoms with Crippen LogP contribution in [0.2, 0.25) is 0 Å². The number of hydrogen-bond acceptors (Lipinski definition) is 2. The molecule has 106 valence electrons. The van der Waals surface area contributed by atoms with E-state index in [0.29, 0.717) is 11.8 Å². The molecule has 0 saturated carbocycles. The second kappa shape index (κ2) is 6.47. The van der Waals surface area contributed by atoms with Crippen LogP contribution in [0.3, 0.4) is 0 Å². The fraction of sp³-hybridized carbons (Fsp3) is 0.333. The monoisotopic (exact) mass is 270 g/mol. The molecule has 0 saturated heterocycles. The SMILES string of the molecule is CC[C@@H](c1ccccc1)[C@@H](CC)c1ccc(O)c(O)c1. The summed E-state index contributed by atoms with van der Waals surface area (Å²) in [5.74, 6) is 0.666. The maximum absolute atomic E-state index is 9.72. The Labute approximate surface area is 120 Å². The minimum atomic E-state index is -0.0589. The molecule has 0 unspecified atom stereocenters. The molecule has 2 heteroatoms. The van der Waals surface area contributed by atoms with Crippen LogP contribution >= 0.6 is 0 Å². The molecule has 2 aromatic carbocycles. The largest absolute Gasteiger partial charge is 0.504 e. The van der Waals surface area contributed by atoms with Gasteiger partial charge in [0.05, 0.1) is 0 Å². The highest BCUT2D eigenvalue weighted by Gasteiger charge is 2.22. The molecule has 0 aliphatic carbocycles. The van der Waals surface area contributed by atoms with Crippen molar-refractivity contribution in [1.29, 1.82) is 0 Å². The van der Waals surface area contributed by atoms with E-state index >= 15 is 0 Å². The van der Waals surface area contributed by atoms with E-state index in [1.165, 1.54) is 5.56 Å². The minimum Gasteiger partial charge on any atom is -0.504 e. The number of phenols is 2. The van der Waals surface area contributed by atoms with E-state index in [0.717, 1.165) is 18.4 Å². The predicted octanol–water partition coefficient (Wildman–Crippen LogP) is 4.79. The lowest BCUT2D eigenvalue weighted by Gasteiger charge is -2.26. The zero-order valence-electron chi connectivity index (χ0n) is 12.1. The first-order valence-electron chi connectivity index (χ1n) is 7.24. The summed E-state index contributed by atoms with van der Waals surface area (Å²) in [5.41, 5.74) is 2.41. The highest BCUT2D eigenvalue weighted by atomic mass is 16.3. The van der Waals surface area contributed by atoms with E-state index in [4.69, 9.17) is 0 Å². The third-order valence-corrected chi connectivity index (χ3v) is 4.02. The number of phenolic OH excluding ortho intramolecular Hbond substituents is 2. The number of hydrogen-bond donors (Lipinski definition) is 2. The molecule has 20 heavy (non-hydrogen) atoms. The summed E-state index contributed by atoms with van der Waals surface area (Å²) < 4.78 is 0. The summed E-state index contributed by atoms with van der Waals surface area (Å²) in [7, 11) is 0. The van der Waals surface area contributed by atoms with E-state index < -0.39 is 0 Å². The van der Waals surface area contributed by atoms with Crippen molar-refractivity contribution in [2.24, 2.45) is 0 Å². The summed E-state index contributed by atoms with van der Waals surface area (Å²) in [6.45, 7) is 4.36. The van der Waals surface area contributed by atoms with Gasteiger partial charge in [0.15, 0.2) is 11.5 Å². The highest BCUT2D eigenvalue weighted by molar-refractivity contribution is 5.42. The molecule has 0 spiro atoms. The van der Waals surface area contributed by atoms with Gasteiger partial charge in [0.25, 0.3) is 0 Å². The molecule has 2 aromatic rings.